The van der Waals surface area contributed by atoms with Gasteiger partial charge in [-0.3, -0.25) is 9.69 Å². The highest BCUT2D eigenvalue weighted by Crippen LogP contribution is 2.34. The van der Waals surface area contributed by atoms with Gasteiger partial charge in [0.25, 0.3) is 5.91 Å². The number of benzene rings is 1. The Labute approximate surface area is 162 Å². The van der Waals surface area contributed by atoms with Crippen LogP contribution in [-0.2, 0) is 14.3 Å². The molecule has 0 aliphatic carbocycles. The number of carbonyl (C=O) groups is 2. The minimum atomic E-state index is -0.450. The van der Waals surface area contributed by atoms with Gasteiger partial charge in [0.15, 0.2) is 18.1 Å². The Morgan fingerprint density at radius 2 is 2.08 bits per heavy atom. The summed E-state index contributed by atoms with van der Waals surface area (Å²) in [5.41, 5.74) is 0.774. The molecule has 1 amide bonds. The van der Waals surface area contributed by atoms with E-state index in [1.807, 2.05) is 6.92 Å². The van der Waals surface area contributed by atoms with Crippen LogP contribution >= 0.6 is 24.0 Å². The lowest BCUT2D eigenvalue weighted by Crippen LogP contribution is -2.27. The quantitative estimate of drug-likeness (QED) is 0.399. The van der Waals surface area contributed by atoms with Crippen molar-refractivity contribution in [2.24, 2.45) is 0 Å². The molecule has 1 aromatic carbocycles. The fraction of sp³-hybridized carbons (Fsp3) is 0.389. The first-order chi connectivity index (χ1) is 12.3. The monoisotopic (exact) mass is 395 g/mol. The second kappa shape index (κ2) is 9.05. The largest absolute Gasteiger partial charge is 0.493 e. The van der Waals surface area contributed by atoms with Crippen molar-refractivity contribution in [3.63, 3.8) is 0 Å². The van der Waals surface area contributed by atoms with Crippen molar-refractivity contribution >= 4 is 46.3 Å². The van der Waals surface area contributed by atoms with Gasteiger partial charge in [0.05, 0.1) is 18.1 Å². The molecule has 0 saturated carbocycles. The number of thiocarbonyl (C=S) groups is 1. The van der Waals surface area contributed by atoms with Gasteiger partial charge in [0.2, 0.25) is 0 Å². The molecular weight excluding hydrogens is 374 g/mol. The van der Waals surface area contributed by atoms with Crippen LogP contribution in [0.3, 0.4) is 0 Å². The van der Waals surface area contributed by atoms with Crippen LogP contribution in [0.4, 0.5) is 0 Å². The molecule has 26 heavy (non-hydrogen) atoms. The summed E-state index contributed by atoms with van der Waals surface area (Å²) >= 11 is 6.48. The van der Waals surface area contributed by atoms with Crippen molar-refractivity contribution in [2.75, 3.05) is 20.3 Å². The van der Waals surface area contributed by atoms with Crippen molar-refractivity contribution in [2.45, 2.75) is 26.9 Å². The van der Waals surface area contributed by atoms with Crippen molar-refractivity contribution in [1.29, 1.82) is 0 Å². The highest BCUT2D eigenvalue weighted by atomic mass is 32.2. The summed E-state index contributed by atoms with van der Waals surface area (Å²) in [5.74, 6) is 0.334. The van der Waals surface area contributed by atoms with Crippen LogP contribution in [0.1, 0.15) is 26.3 Å². The standard InChI is InChI=1S/C18H21NO5S2/c1-5-19-17(21)15(26-18(19)25)9-12-6-7-13(14(8-12)22-4)23-10-16(20)24-11(2)3/h6-9,11H,5,10H2,1-4H3/b15-9+. The van der Waals surface area contributed by atoms with E-state index in [0.717, 1.165) is 5.56 Å². The summed E-state index contributed by atoms with van der Waals surface area (Å²) in [4.78, 5) is 26.0. The summed E-state index contributed by atoms with van der Waals surface area (Å²) in [5, 5.41) is 0. The molecule has 8 heteroatoms. The number of hydrogen-bond donors (Lipinski definition) is 0. The van der Waals surface area contributed by atoms with E-state index in [0.29, 0.717) is 27.3 Å². The molecule has 0 unspecified atom stereocenters. The van der Waals surface area contributed by atoms with Crippen LogP contribution < -0.4 is 9.47 Å². The molecule has 0 spiro atoms. The summed E-state index contributed by atoms with van der Waals surface area (Å²) in [6.07, 6.45) is 1.56. The van der Waals surface area contributed by atoms with Gasteiger partial charge in [0, 0.05) is 6.54 Å². The van der Waals surface area contributed by atoms with Crippen molar-refractivity contribution in [3.8, 4) is 11.5 Å². The van der Waals surface area contributed by atoms with Crippen LogP contribution in [-0.4, -0.2) is 47.5 Å². The topological polar surface area (TPSA) is 65.1 Å². The molecule has 140 valence electrons. The number of amides is 1. The number of hydrogen-bond acceptors (Lipinski definition) is 7. The van der Waals surface area contributed by atoms with Gasteiger partial charge >= 0.3 is 5.97 Å². The van der Waals surface area contributed by atoms with E-state index in [1.165, 1.54) is 18.9 Å². The lowest BCUT2D eigenvalue weighted by atomic mass is 10.2. The highest BCUT2D eigenvalue weighted by Gasteiger charge is 2.30. The molecule has 1 fully saturated rings. The van der Waals surface area contributed by atoms with Gasteiger partial charge in [-0.25, -0.2) is 4.79 Å². The molecule has 0 N–H and O–H groups in total. The molecule has 1 aliphatic heterocycles. The van der Waals surface area contributed by atoms with E-state index < -0.39 is 5.97 Å². The summed E-state index contributed by atoms with van der Waals surface area (Å²) in [7, 11) is 1.51. The summed E-state index contributed by atoms with van der Waals surface area (Å²) < 4.78 is 16.4. The maximum atomic E-state index is 12.3. The predicted molar refractivity (Wildman–Crippen MR) is 105 cm³/mol. The molecule has 0 radical (unpaired) electrons. The second-order valence-electron chi connectivity index (χ2n) is 5.66. The smallest absolute Gasteiger partial charge is 0.344 e. The minimum absolute atomic E-state index is 0.0989. The zero-order valence-corrected chi connectivity index (χ0v) is 16.7. The van der Waals surface area contributed by atoms with E-state index in [1.54, 1.807) is 43.0 Å². The van der Waals surface area contributed by atoms with E-state index in [2.05, 4.69) is 0 Å². The van der Waals surface area contributed by atoms with E-state index in [4.69, 9.17) is 26.4 Å². The normalized spacial score (nSPS) is 15.7. The van der Waals surface area contributed by atoms with Gasteiger partial charge in [-0.2, -0.15) is 0 Å². The van der Waals surface area contributed by atoms with Crippen LogP contribution in [0.25, 0.3) is 6.08 Å². The first-order valence-corrected chi connectivity index (χ1v) is 9.33. The second-order valence-corrected chi connectivity index (χ2v) is 7.34. The summed E-state index contributed by atoms with van der Waals surface area (Å²) in [6.45, 7) is 5.77. The maximum absolute atomic E-state index is 12.3. The molecule has 6 nitrogen and oxygen atoms in total. The molecule has 1 aromatic rings. The highest BCUT2D eigenvalue weighted by molar-refractivity contribution is 8.26. The first kappa shape index (κ1) is 20.3. The first-order valence-electron chi connectivity index (χ1n) is 8.11. The minimum Gasteiger partial charge on any atom is -0.493 e. The van der Waals surface area contributed by atoms with Crippen molar-refractivity contribution in [3.05, 3.63) is 28.7 Å². The van der Waals surface area contributed by atoms with Gasteiger partial charge < -0.3 is 14.2 Å². The van der Waals surface area contributed by atoms with Gasteiger partial charge in [-0.1, -0.05) is 30.0 Å². The Balaban J connectivity index is 2.13. The third-order valence-corrected chi connectivity index (χ3v) is 4.77. The molecule has 0 atom stereocenters. The number of likely N-dealkylation sites (N-methyl/N-ethyl adjacent to an activating group) is 1. The Bertz CT molecular complexity index is 745. The van der Waals surface area contributed by atoms with Gasteiger partial charge in [-0.05, 0) is 44.5 Å². The number of methoxy groups -OCH3 is 1. The summed E-state index contributed by atoms with van der Waals surface area (Å²) in [6, 6.07) is 5.21. The Morgan fingerprint density at radius 1 is 1.35 bits per heavy atom. The lowest BCUT2D eigenvalue weighted by Gasteiger charge is -2.12. The number of carbonyl (C=O) groups excluding carboxylic acids is 2. The average molecular weight is 396 g/mol. The predicted octanol–water partition coefficient (Wildman–Crippen LogP) is 3.25. The zero-order valence-electron chi connectivity index (χ0n) is 15.1. The average Bonchev–Trinajstić information content (AvgIpc) is 2.85. The zero-order chi connectivity index (χ0) is 19.3. The lowest BCUT2D eigenvalue weighted by molar-refractivity contribution is -0.149. The van der Waals surface area contributed by atoms with Gasteiger partial charge in [0.1, 0.15) is 4.32 Å². The third kappa shape index (κ3) is 4.98. The number of nitrogens with zero attached hydrogens (tertiary/aromatic N) is 1. The number of thioether (sulfide) groups is 1. The maximum Gasteiger partial charge on any atom is 0.344 e. The van der Waals surface area contributed by atoms with Crippen LogP contribution in [0.15, 0.2) is 23.1 Å². The third-order valence-electron chi connectivity index (χ3n) is 3.39. The van der Waals surface area contributed by atoms with Crippen LogP contribution in [0.2, 0.25) is 0 Å². The molecular formula is C18H21NO5S2. The van der Waals surface area contributed by atoms with Crippen molar-refractivity contribution in [1.82, 2.24) is 4.90 Å². The van der Waals surface area contributed by atoms with E-state index in [9.17, 15) is 9.59 Å². The Hall–Kier alpha value is -2.06. The number of ether oxygens (including phenoxy) is 3. The molecule has 1 aliphatic rings. The molecule has 2 rings (SSSR count). The SMILES string of the molecule is CCN1C(=O)/C(=C\c2ccc(OCC(=O)OC(C)C)c(OC)c2)SC1=S. The van der Waals surface area contributed by atoms with Crippen LogP contribution in [0, 0.1) is 0 Å². The number of rotatable bonds is 7. The van der Waals surface area contributed by atoms with Gasteiger partial charge in [-0.15, -0.1) is 0 Å². The van der Waals surface area contributed by atoms with Crippen molar-refractivity contribution < 1.29 is 23.8 Å². The molecule has 0 bridgehead atoms. The molecule has 0 aromatic heterocycles. The van der Waals surface area contributed by atoms with E-state index in [-0.39, 0.29) is 18.6 Å². The molecule has 1 heterocycles. The number of esters is 1. The fourth-order valence-corrected chi connectivity index (χ4v) is 3.64. The Kier molecular flexibility index (Phi) is 7.05. The fourth-order valence-electron chi connectivity index (χ4n) is 2.25. The molecule has 1 saturated heterocycles. The van der Waals surface area contributed by atoms with Crippen LogP contribution in [0.5, 0.6) is 11.5 Å². The van der Waals surface area contributed by atoms with E-state index >= 15 is 0 Å². The Morgan fingerprint density at radius 3 is 2.65 bits per heavy atom.